The van der Waals surface area contributed by atoms with Gasteiger partial charge in [-0.25, -0.2) is 0 Å². The lowest BCUT2D eigenvalue weighted by Gasteiger charge is -2.40. The molecule has 4 nitrogen and oxygen atoms in total. The first-order chi connectivity index (χ1) is 17.7. The van der Waals surface area contributed by atoms with E-state index < -0.39 is 0 Å². The summed E-state index contributed by atoms with van der Waals surface area (Å²) in [6.07, 6.45) is 0. The Morgan fingerprint density at radius 2 is 1.19 bits per heavy atom. The summed E-state index contributed by atoms with van der Waals surface area (Å²) in [5.41, 5.74) is 4.12. The molecular weight excluding hydrogens is 466 g/mol. The number of amides is 1. The van der Waals surface area contributed by atoms with E-state index in [1.54, 1.807) is 0 Å². The monoisotopic (exact) mass is 495 g/mol. The Hall–Kier alpha value is -3.44. The number of anilines is 2. The predicted octanol–water partition coefficient (Wildman–Crippen LogP) is 6.41. The third-order valence-electron chi connectivity index (χ3n) is 6.72. The maximum atomic E-state index is 13.6. The Balaban J connectivity index is 1.31. The van der Waals surface area contributed by atoms with Gasteiger partial charge in [0.1, 0.15) is 0 Å². The van der Waals surface area contributed by atoms with Crippen molar-refractivity contribution in [3.8, 4) is 0 Å². The third kappa shape index (κ3) is 5.52. The van der Waals surface area contributed by atoms with Crippen molar-refractivity contribution in [3.05, 3.63) is 131 Å². The maximum Gasteiger partial charge on any atom is 0.245 e. The minimum atomic E-state index is 0.0755. The van der Waals surface area contributed by atoms with Gasteiger partial charge in [-0.2, -0.15) is 0 Å². The summed E-state index contributed by atoms with van der Waals surface area (Å²) in [5, 5.41) is 0.783. The number of hydrogen-bond donors (Lipinski definition) is 0. The lowest BCUT2D eigenvalue weighted by molar-refractivity contribution is -0.119. The summed E-state index contributed by atoms with van der Waals surface area (Å²) in [7, 11) is 0. The van der Waals surface area contributed by atoms with Gasteiger partial charge in [-0.15, -0.1) is 0 Å². The van der Waals surface area contributed by atoms with Crippen LogP contribution in [0.3, 0.4) is 0 Å². The zero-order valence-corrected chi connectivity index (χ0v) is 21.0. The number of carbonyl (C=O) groups excluding carboxylic acids is 1. The van der Waals surface area contributed by atoms with Crippen molar-refractivity contribution in [1.82, 2.24) is 9.80 Å². The highest BCUT2D eigenvalue weighted by Crippen LogP contribution is 2.34. The average Bonchev–Trinajstić information content (AvgIpc) is 2.93. The first-order valence-electron chi connectivity index (χ1n) is 12.4. The van der Waals surface area contributed by atoms with Crippen LogP contribution in [0.1, 0.15) is 17.2 Å². The molecule has 1 aliphatic heterocycles. The molecule has 0 aliphatic carbocycles. The van der Waals surface area contributed by atoms with Crippen LogP contribution in [0.25, 0.3) is 0 Å². The van der Waals surface area contributed by atoms with Crippen LogP contribution in [-0.2, 0) is 4.79 Å². The Bertz CT molecular complexity index is 1220. The number of halogens is 1. The minimum Gasteiger partial charge on any atom is -0.292 e. The van der Waals surface area contributed by atoms with Gasteiger partial charge >= 0.3 is 0 Å². The van der Waals surface area contributed by atoms with Gasteiger partial charge in [-0.3, -0.25) is 19.5 Å². The van der Waals surface area contributed by atoms with Crippen molar-refractivity contribution in [1.29, 1.82) is 0 Å². The number of piperazine rings is 1. The predicted molar refractivity (Wildman–Crippen MR) is 148 cm³/mol. The normalized spacial score (nSPS) is 15.4. The number of carbonyl (C=O) groups is 1. The quantitative estimate of drug-likeness (QED) is 0.296. The van der Waals surface area contributed by atoms with Crippen LogP contribution >= 0.6 is 11.6 Å². The van der Waals surface area contributed by atoms with E-state index in [9.17, 15) is 4.79 Å². The molecule has 1 unspecified atom stereocenters. The number of benzene rings is 4. The maximum absolute atomic E-state index is 13.6. The Labute approximate surface area is 218 Å². The fraction of sp³-hybridized carbons (Fsp3) is 0.194. The second-order valence-electron chi connectivity index (χ2n) is 9.05. The second kappa shape index (κ2) is 11.5. The molecule has 0 radical (unpaired) electrons. The van der Waals surface area contributed by atoms with Gasteiger partial charge in [-0.1, -0.05) is 96.5 Å². The van der Waals surface area contributed by atoms with E-state index in [0.29, 0.717) is 6.54 Å². The molecule has 1 atom stereocenters. The molecule has 5 heteroatoms. The molecule has 1 fully saturated rings. The standard InChI is InChI=1S/C31H30ClN3O/c32-29-19-11-10-18-28(29)31(25-12-4-1-5-13-25)34-22-20-33(21-23-34)24-30(36)35(26-14-6-2-7-15-26)27-16-8-3-9-17-27/h1-19,31H,20-24H2. The van der Waals surface area contributed by atoms with Crippen LogP contribution in [-0.4, -0.2) is 48.4 Å². The molecule has 182 valence electrons. The van der Waals surface area contributed by atoms with Gasteiger partial charge in [0, 0.05) is 42.6 Å². The topological polar surface area (TPSA) is 26.8 Å². The molecular formula is C31H30ClN3O. The van der Waals surface area contributed by atoms with Crippen molar-refractivity contribution in [2.45, 2.75) is 6.04 Å². The molecule has 1 saturated heterocycles. The molecule has 0 spiro atoms. The fourth-order valence-electron chi connectivity index (χ4n) is 4.95. The number of hydrogen-bond acceptors (Lipinski definition) is 3. The Kier molecular flexibility index (Phi) is 7.77. The van der Waals surface area contributed by atoms with Gasteiger partial charge < -0.3 is 0 Å². The van der Waals surface area contributed by atoms with Crippen molar-refractivity contribution in [2.24, 2.45) is 0 Å². The summed E-state index contributed by atoms with van der Waals surface area (Å²) in [5.74, 6) is 0.0755. The summed E-state index contributed by atoms with van der Waals surface area (Å²) in [6, 6.07) is 38.5. The van der Waals surface area contributed by atoms with Gasteiger partial charge in [-0.05, 0) is 41.5 Å². The van der Waals surface area contributed by atoms with Gasteiger partial charge in [0.15, 0.2) is 0 Å². The van der Waals surface area contributed by atoms with Crippen molar-refractivity contribution >= 4 is 28.9 Å². The van der Waals surface area contributed by atoms with E-state index >= 15 is 0 Å². The van der Waals surface area contributed by atoms with Crippen LogP contribution < -0.4 is 4.90 Å². The van der Waals surface area contributed by atoms with Crippen molar-refractivity contribution in [2.75, 3.05) is 37.6 Å². The van der Waals surface area contributed by atoms with Crippen molar-refractivity contribution < 1.29 is 4.79 Å². The number of para-hydroxylation sites is 2. The molecule has 0 aromatic heterocycles. The molecule has 5 rings (SSSR count). The Morgan fingerprint density at radius 3 is 1.75 bits per heavy atom. The van der Waals surface area contributed by atoms with Crippen LogP contribution in [0, 0.1) is 0 Å². The Morgan fingerprint density at radius 1 is 0.694 bits per heavy atom. The summed E-state index contributed by atoms with van der Waals surface area (Å²) < 4.78 is 0. The van der Waals surface area contributed by atoms with Crippen LogP contribution in [0.2, 0.25) is 5.02 Å². The average molecular weight is 496 g/mol. The van der Waals surface area contributed by atoms with E-state index in [4.69, 9.17) is 11.6 Å². The summed E-state index contributed by atoms with van der Waals surface area (Å²) in [4.78, 5) is 20.1. The van der Waals surface area contributed by atoms with E-state index in [1.807, 2.05) is 89.8 Å². The largest absolute Gasteiger partial charge is 0.292 e. The first-order valence-corrected chi connectivity index (χ1v) is 12.8. The minimum absolute atomic E-state index is 0.0755. The fourth-order valence-corrected chi connectivity index (χ4v) is 5.19. The highest BCUT2D eigenvalue weighted by Gasteiger charge is 2.29. The van der Waals surface area contributed by atoms with Gasteiger partial charge in [0.2, 0.25) is 5.91 Å². The zero-order valence-electron chi connectivity index (χ0n) is 20.2. The second-order valence-corrected chi connectivity index (χ2v) is 9.45. The summed E-state index contributed by atoms with van der Waals surface area (Å²) in [6.45, 7) is 3.72. The van der Waals surface area contributed by atoms with E-state index in [-0.39, 0.29) is 11.9 Å². The van der Waals surface area contributed by atoms with Crippen LogP contribution in [0.4, 0.5) is 11.4 Å². The lowest BCUT2D eigenvalue weighted by Crippen LogP contribution is -2.50. The number of nitrogens with zero attached hydrogens (tertiary/aromatic N) is 3. The third-order valence-corrected chi connectivity index (χ3v) is 7.07. The highest BCUT2D eigenvalue weighted by molar-refractivity contribution is 6.31. The molecule has 1 aliphatic rings. The molecule has 1 heterocycles. The van der Waals surface area contributed by atoms with E-state index in [1.165, 1.54) is 5.56 Å². The summed E-state index contributed by atoms with van der Waals surface area (Å²) >= 11 is 6.65. The zero-order chi connectivity index (χ0) is 24.7. The molecule has 0 N–H and O–H groups in total. The highest BCUT2D eigenvalue weighted by atomic mass is 35.5. The SMILES string of the molecule is O=C(CN1CCN(C(c2ccccc2)c2ccccc2Cl)CC1)N(c1ccccc1)c1ccccc1. The van der Waals surface area contributed by atoms with Crippen LogP contribution in [0.15, 0.2) is 115 Å². The lowest BCUT2D eigenvalue weighted by atomic mass is 9.96. The molecule has 36 heavy (non-hydrogen) atoms. The molecule has 1 amide bonds. The smallest absolute Gasteiger partial charge is 0.245 e. The number of rotatable bonds is 7. The van der Waals surface area contributed by atoms with Crippen molar-refractivity contribution in [3.63, 3.8) is 0 Å². The van der Waals surface area contributed by atoms with Gasteiger partial charge in [0.05, 0.1) is 12.6 Å². The first kappa shape index (κ1) is 24.3. The van der Waals surface area contributed by atoms with Gasteiger partial charge in [0.25, 0.3) is 0 Å². The molecule has 4 aromatic rings. The molecule has 0 bridgehead atoms. The van der Waals surface area contributed by atoms with Crippen LogP contribution in [0.5, 0.6) is 0 Å². The molecule has 4 aromatic carbocycles. The molecule has 0 saturated carbocycles. The van der Waals surface area contributed by atoms with E-state index in [2.05, 4.69) is 40.1 Å². The van der Waals surface area contributed by atoms with E-state index in [0.717, 1.165) is 48.1 Å².